The molecule has 0 atom stereocenters. The zero-order valence-corrected chi connectivity index (χ0v) is 27.9. The average Bonchev–Trinajstić information content (AvgIpc) is 3.47. The van der Waals surface area contributed by atoms with Crippen LogP contribution in [0.5, 0.6) is 0 Å². The standard InChI is InChI=1S/C21H16ClN3O2.C16H16F3N3O2/c22-17-8-4-3-6-15(17)14-9-21(10-14)19(26)25(20(27)24-21)18-12-23-11-13-5-1-2-7-16(13)18;17-16(18,19)11-4-5-20-8-12(11)22-13(23)15(21-14(22)24)6-10(7-15)9-2-1-3-9/h1-8,11-12,14H,9-10H2,(H,24,27);4-5,8-10H,1-3,6-7H2,(H,21,24). The molecule has 3 aliphatic carbocycles. The molecule has 2 saturated heterocycles. The zero-order chi connectivity index (χ0) is 35.7. The van der Waals surface area contributed by atoms with Gasteiger partial charge in [0.2, 0.25) is 0 Å². The van der Waals surface area contributed by atoms with Gasteiger partial charge in [-0.05, 0) is 61.1 Å². The number of fused-ring (bicyclic) bond motifs is 1. The third-order valence-corrected chi connectivity index (χ3v) is 11.5. The van der Waals surface area contributed by atoms with Gasteiger partial charge in [0.25, 0.3) is 11.8 Å². The summed E-state index contributed by atoms with van der Waals surface area (Å²) in [5, 5.41) is 7.95. The highest BCUT2D eigenvalue weighted by Gasteiger charge is 2.62. The molecule has 14 heteroatoms. The van der Waals surface area contributed by atoms with Crippen LogP contribution in [0.4, 0.5) is 34.1 Å². The van der Waals surface area contributed by atoms with Crippen molar-refractivity contribution in [3.63, 3.8) is 0 Å². The van der Waals surface area contributed by atoms with E-state index in [1.807, 2.05) is 48.5 Å². The van der Waals surface area contributed by atoms with Crippen LogP contribution < -0.4 is 20.4 Å². The number of rotatable bonds is 4. The van der Waals surface area contributed by atoms with E-state index >= 15 is 0 Å². The van der Waals surface area contributed by atoms with Crippen LogP contribution in [0, 0.1) is 11.8 Å². The summed E-state index contributed by atoms with van der Waals surface area (Å²) in [6.07, 6.45) is 6.13. The van der Waals surface area contributed by atoms with Crippen molar-refractivity contribution in [3.05, 3.63) is 95.5 Å². The number of hydrogen-bond donors (Lipinski definition) is 2. The fourth-order valence-electron chi connectivity index (χ4n) is 8.20. The van der Waals surface area contributed by atoms with Crippen molar-refractivity contribution in [2.24, 2.45) is 11.8 Å². The number of amides is 6. The molecule has 4 heterocycles. The molecule has 51 heavy (non-hydrogen) atoms. The van der Waals surface area contributed by atoms with E-state index < -0.39 is 46.5 Å². The van der Waals surface area contributed by atoms with Crippen LogP contribution in [0.25, 0.3) is 10.8 Å². The Bertz CT molecular complexity index is 2090. The largest absolute Gasteiger partial charge is 0.418 e. The Balaban J connectivity index is 0.000000148. The summed E-state index contributed by atoms with van der Waals surface area (Å²) < 4.78 is 39.5. The van der Waals surface area contributed by atoms with Crippen molar-refractivity contribution in [1.82, 2.24) is 20.6 Å². The molecular formula is C37H32ClF3N6O4. The maximum absolute atomic E-state index is 13.2. The number of nitrogens with zero attached hydrogens (tertiary/aromatic N) is 4. The number of hydrogen-bond acceptors (Lipinski definition) is 6. The SMILES string of the molecule is O=C1NC2(CC(C3CCC3)C2)C(=O)N1c1cnccc1C(F)(F)F.O=C1NC2(CC(c3ccccc3Cl)C2)C(=O)N1c1cncc2ccccc12. The summed E-state index contributed by atoms with van der Waals surface area (Å²) in [6.45, 7) is 0. The van der Waals surface area contributed by atoms with Crippen molar-refractivity contribution in [2.45, 2.75) is 68.1 Å². The number of nitrogens with one attached hydrogen (secondary N) is 2. The summed E-state index contributed by atoms with van der Waals surface area (Å²) in [5.74, 6) is 0.307. The van der Waals surface area contributed by atoms with Gasteiger partial charge < -0.3 is 10.6 Å². The predicted octanol–water partition coefficient (Wildman–Crippen LogP) is 7.37. The van der Waals surface area contributed by atoms with E-state index in [0.29, 0.717) is 53.1 Å². The zero-order valence-electron chi connectivity index (χ0n) is 27.1. The topological polar surface area (TPSA) is 125 Å². The first kappa shape index (κ1) is 33.1. The number of pyridine rings is 2. The molecule has 0 unspecified atom stereocenters. The molecule has 0 bridgehead atoms. The van der Waals surface area contributed by atoms with Crippen molar-refractivity contribution in [2.75, 3.05) is 9.80 Å². The van der Waals surface area contributed by atoms with Gasteiger partial charge in [-0.25, -0.2) is 19.4 Å². The van der Waals surface area contributed by atoms with Crippen LogP contribution in [0.3, 0.4) is 0 Å². The smallest absolute Gasteiger partial charge is 0.323 e. The van der Waals surface area contributed by atoms with E-state index in [2.05, 4.69) is 20.6 Å². The number of benzene rings is 2. The van der Waals surface area contributed by atoms with Crippen molar-refractivity contribution >= 4 is 57.6 Å². The third-order valence-electron chi connectivity index (χ3n) is 11.1. The third kappa shape index (κ3) is 5.40. The average molecular weight is 717 g/mol. The number of alkyl halides is 3. The van der Waals surface area contributed by atoms with Crippen LogP contribution in [-0.2, 0) is 15.8 Å². The first-order valence-corrected chi connectivity index (χ1v) is 17.2. The van der Waals surface area contributed by atoms with E-state index in [4.69, 9.17) is 11.6 Å². The molecule has 6 amide bonds. The van der Waals surface area contributed by atoms with Crippen molar-refractivity contribution < 1.29 is 32.3 Å². The molecule has 10 nitrogen and oxygen atoms in total. The van der Waals surface area contributed by atoms with Gasteiger partial charge in [0.15, 0.2) is 0 Å². The van der Waals surface area contributed by atoms with Crippen LogP contribution in [0.15, 0.2) is 79.4 Å². The van der Waals surface area contributed by atoms with Crippen LogP contribution in [0.2, 0.25) is 5.02 Å². The van der Waals surface area contributed by atoms with Crippen LogP contribution in [0.1, 0.15) is 62.0 Å². The fraction of sp³-hybridized carbons (Fsp3) is 0.351. The molecule has 4 aromatic rings. The molecule has 3 saturated carbocycles. The highest BCUT2D eigenvalue weighted by molar-refractivity contribution is 6.31. The molecule has 2 aromatic carbocycles. The summed E-state index contributed by atoms with van der Waals surface area (Å²) in [7, 11) is 0. The van der Waals surface area contributed by atoms with Gasteiger partial charge in [-0.1, -0.05) is 73.3 Å². The molecule has 262 valence electrons. The summed E-state index contributed by atoms with van der Waals surface area (Å²) in [4.78, 5) is 60.5. The van der Waals surface area contributed by atoms with E-state index in [1.54, 1.807) is 12.4 Å². The summed E-state index contributed by atoms with van der Waals surface area (Å²) in [6, 6.07) is 14.8. The van der Waals surface area contributed by atoms with Gasteiger partial charge in [0.1, 0.15) is 11.1 Å². The number of carbonyl (C=O) groups excluding carboxylic acids is 4. The van der Waals surface area contributed by atoms with Gasteiger partial charge in [-0.15, -0.1) is 0 Å². The Morgan fingerprint density at radius 3 is 1.98 bits per heavy atom. The molecule has 2 aromatic heterocycles. The van der Waals surface area contributed by atoms with E-state index in [9.17, 15) is 32.3 Å². The Labute approximate surface area is 295 Å². The second-order valence-corrected chi connectivity index (χ2v) is 14.5. The number of aromatic nitrogens is 2. The normalized spacial score (nSPS) is 27.1. The molecule has 2 aliphatic heterocycles. The number of halogens is 4. The molecule has 5 aliphatic rings. The lowest BCUT2D eigenvalue weighted by Crippen LogP contribution is -2.59. The molecule has 0 radical (unpaired) electrons. The minimum atomic E-state index is -4.66. The Kier molecular flexibility index (Phi) is 7.82. The molecule has 2 spiro atoms. The molecule has 5 fully saturated rings. The minimum absolute atomic E-state index is 0.161. The van der Waals surface area contributed by atoms with Crippen molar-refractivity contribution in [3.8, 4) is 0 Å². The lowest BCUT2D eigenvalue weighted by molar-refractivity contribution is -0.137. The first-order valence-electron chi connectivity index (χ1n) is 16.8. The number of imide groups is 2. The lowest BCUT2D eigenvalue weighted by atomic mass is 9.58. The van der Waals surface area contributed by atoms with Crippen LogP contribution >= 0.6 is 11.6 Å². The molecular weight excluding hydrogens is 685 g/mol. The summed E-state index contributed by atoms with van der Waals surface area (Å²) in [5.41, 5.74) is -1.87. The molecule has 2 N–H and O–H groups in total. The lowest BCUT2D eigenvalue weighted by Gasteiger charge is -2.49. The van der Waals surface area contributed by atoms with E-state index in [-0.39, 0.29) is 11.8 Å². The maximum atomic E-state index is 13.2. The number of anilines is 2. The monoisotopic (exact) mass is 716 g/mol. The Morgan fingerprint density at radius 2 is 1.33 bits per heavy atom. The highest BCUT2D eigenvalue weighted by atomic mass is 35.5. The number of urea groups is 2. The number of carbonyl (C=O) groups is 4. The fourth-order valence-corrected chi connectivity index (χ4v) is 8.49. The maximum Gasteiger partial charge on any atom is 0.418 e. The molecule has 9 rings (SSSR count). The van der Waals surface area contributed by atoms with Crippen LogP contribution in [-0.4, -0.2) is 44.9 Å². The highest BCUT2D eigenvalue weighted by Crippen LogP contribution is 2.52. The minimum Gasteiger partial charge on any atom is -0.323 e. The quantitative estimate of drug-likeness (QED) is 0.213. The Morgan fingerprint density at radius 1 is 0.725 bits per heavy atom. The Hall–Kier alpha value is -5.04. The second-order valence-electron chi connectivity index (χ2n) is 14.1. The van der Waals surface area contributed by atoms with Gasteiger partial charge in [-0.3, -0.25) is 19.6 Å². The second kappa shape index (κ2) is 12.0. The van der Waals surface area contributed by atoms with Crippen molar-refractivity contribution in [1.29, 1.82) is 0 Å². The van der Waals surface area contributed by atoms with E-state index in [1.165, 1.54) is 11.3 Å². The first-order chi connectivity index (χ1) is 24.4. The van der Waals surface area contributed by atoms with Gasteiger partial charge in [0, 0.05) is 28.2 Å². The van der Waals surface area contributed by atoms with E-state index in [0.717, 1.165) is 47.6 Å². The van der Waals surface area contributed by atoms with Gasteiger partial charge in [-0.2, -0.15) is 13.2 Å². The predicted molar refractivity (Wildman–Crippen MR) is 182 cm³/mol. The van der Waals surface area contributed by atoms with Gasteiger partial charge >= 0.3 is 18.2 Å². The van der Waals surface area contributed by atoms with Gasteiger partial charge in [0.05, 0.1) is 29.3 Å². The summed E-state index contributed by atoms with van der Waals surface area (Å²) >= 11 is 6.29.